The molecule has 1 aromatic carbocycles. The van der Waals surface area contributed by atoms with Crippen LogP contribution in [0.4, 0.5) is 5.69 Å². The van der Waals surface area contributed by atoms with Crippen LogP contribution in [0.15, 0.2) is 22.7 Å². The molecular weight excluding hydrogens is 250 g/mol. The monoisotopic (exact) mass is 269 g/mol. The maximum absolute atomic E-state index is 3.54. The molecule has 0 bridgehead atoms. The average molecular weight is 270 g/mol. The summed E-state index contributed by atoms with van der Waals surface area (Å²) in [4.78, 5) is 0. The van der Waals surface area contributed by atoms with Gasteiger partial charge in [0.15, 0.2) is 0 Å². The zero-order valence-corrected chi connectivity index (χ0v) is 11.2. The van der Waals surface area contributed by atoms with Crippen molar-refractivity contribution in [2.75, 3.05) is 11.9 Å². The highest BCUT2D eigenvalue weighted by Crippen LogP contribution is 2.23. The molecule has 0 heterocycles. The summed E-state index contributed by atoms with van der Waals surface area (Å²) in [6.45, 7) is 5.46. The van der Waals surface area contributed by atoms with E-state index in [0.717, 1.165) is 6.54 Å². The van der Waals surface area contributed by atoms with Crippen LogP contribution in [0.1, 0.15) is 38.2 Å². The Kier molecular flexibility index (Phi) is 5.77. The van der Waals surface area contributed by atoms with E-state index >= 15 is 0 Å². The van der Waals surface area contributed by atoms with Gasteiger partial charge in [0.05, 0.1) is 0 Å². The van der Waals surface area contributed by atoms with Gasteiger partial charge in [-0.2, -0.15) is 0 Å². The first-order valence-electron chi connectivity index (χ1n) is 5.74. The van der Waals surface area contributed by atoms with Crippen molar-refractivity contribution in [2.45, 2.75) is 39.5 Å². The summed E-state index contributed by atoms with van der Waals surface area (Å²) in [5, 5.41) is 3.48. The van der Waals surface area contributed by atoms with Gasteiger partial charge in [0.2, 0.25) is 0 Å². The van der Waals surface area contributed by atoms with Crippen molar-refractivity contribution in [3.05, 3.63) is 28.2 Å². The Labute approximate surface area is 101 Å². The van der Waals surface area contributed by atoms with Crippen LogP contribution in [0.3, 0.4) is 0 Å². The topological polar surface area (TPSA) is 12.0 Å². The quantitative estimate of drug-likeness (QED) is 0.735. The summed E-state index contributed by atoms with van der Waals surface area (Å²) in [7, 11) is 0. The number of nitrogens with one attached hydrogen (secondary N) is 1. The number of halogens is 1. The predicted octanol–water partition coefficient (Wildman–Crippen LogP) is 4.75. The van der Waals surface area contributed by atoms with Crippen LogP contribution in [-0.4, -0.2) is 6.54 Å². The molecule has 0 unspecified atom stereocenters. The molecule has 0 saturated carbocycles. The van der Waals surface area contributed by atoms with E-state index in [9.17, 15) is 0 Å². The number of hydrogen-bond donors (Lipinski definition) is 1. The lowest BCUT2D eigenvalue weighted by atomic mass is 10.2. The van der Waals surface area contributed by atoms with E-state index in [1.54, 1.807) is 0 Å². The SMILES string of the molecule is CCCCCCNc1cccc(Br)c1C. The molecule has 1 nitrogen and oxygen atoms in total. The van der Waals surface area contributed by atoms with E-state index < -0.39 is 0 Å². The van der Waals surface area contributed by atoms with Crippen molar-refractivity contribution in [2.24, 2.45) is 0 Å². The minimum atomic E-state index is 1.08. The molecule has 0 saturated heterocycles. The van der Waals surface area contributed by atoms with E-state index in [0.29, 0.717) is 0 Å². The molecule has 0 radical (unpaired) electrons. The first kappa shape index (κ1) is 12.6. The Hall–Kier alpha value is -0.500. The van der Waals surface area contributed by atoms with Crippen molar-refractivity contribution in [1.82, 2.24) is 0 Å². The molecule has 0 amide bonds. The van der Waals surface area contributed by atoms with Crippen LogP contribution in [0.25, 0.3) is 0 Å². The molecule has 0 atom stereocenters. The fourth-order valence-electron chi connectivity index (χ4n) is 1.57. The molecule has 15 heavy (non-hydrogen) atoms. The lowest BCUT2D eigenvalue weighted by Crippen LogP contribution is -2.02. The van der Waals surface area contributed by atoms with Gasteiger partial charge in [-0.05, 0) is 31.0 Å². The Bertz CT molecular complexity index is 297. The molecule has 1 N–H and O–H groups in total. The number of hydrogen-bond acceptors (Lipinski definition) is 1. The first-order chi connectivity index (χ1) is 7.25. The van der Waals surface area contributed by atoms with Gasteiger partial charge >= 0.3 is 0 Å². The van der Waals surface area contributed by atoms with Crippen LogP contribution in [0.5, 0.6) is 0 Å². The highest BCUT2D eigenvalue weighted by Gasteiger charge is 1.99. The van der Waals surface area contributed by atoms with Gasteiger partial charge in [0.1, 0.15) is 0 Å². The second-order valence-electron chi connectivity index (χ2n) is 3.90. The molecule has 0 aliphatic carbocycles. The minimum Gasteiger partial charge on any atom is -0.385 e. The lowest BCUT2D eigenvalue weighted by molar-refractivity contribution is 0.685. The van der Waals surface area contributed by atoms with Gasteiger partial charge in [-0.1, -0.05) is 48.2 Å². The number of unbranched alkanes of at least 4 members (excludes halogenated alkanes) is 3. The average Bonchev–Trinajstić information content (AvgIpc) is 2.24. The molecular formula is C13H20BrN. The smallest absolute Gasteiger partial charge is 0.0381 e. The van der Waals surface area contributed by atoms with Gasteiger partial charge in [0, 0.05) is 16.7 Å². The molecule has 0 aliphatic rings. The third-order valence-corrected chi connectivity index (χ3v) is 3.47. The highest BCUT2D eigenvalue weighted by atomic mass is 79.9. The number of benzene rings is 1. The molecule has 0 fully saturated rings. The Balaban J connectivity index is 2.34. The summed E-state index contributed by atoms with van der Waals surface area (Å²) in [5.41, 5.74) is 2.55. The van der Waals surface area contributed by atoms with Crippen molar-refractivity contribution >= 4 is 21.6 Å². The van der Waals surface area contributed by atoms with E-state index in [1.807, 2.05) is 0 Å². The van der Waals surface area contributed by atoms with Crippen molar-refractivity contribution in [1.29, 1.82) is 0 Å². The number of anilines is 1. The van der Waals surface area contributed by atoms with E-state index in [-0.39, 0.29) is 0 Å². The standard InChI is InChI=1S/C13H20BrN/c1-3-4-5-6-10-15-13-9-7-8-12(14)11(13)2/h7-9,15H,3-6,10H2,1-2H3. The highest BCUT2D eigenvalue weighted by molar-refractivity contribution is 9.10. The normalized spacial score (nSPS) is 10.3. The summed E-state index contributed by atoms with van der Waals surface area (Å²) < 4.78 is 1.18. The summed E-state index contributed by atoms with van der Waals surface area (Å²) in [5.74, 6) is 0. The third-order valence-electron chi connectivity index (χ3n) is 2.61. The first-order valence-corrected chi connectivity index (χ1v) is 6.54. The van der Waals surface area contributed by atoms with Gasteiger partial charge in [0.25, 0.3) is 0 Å². The van der Waals surface area contributed by atoms with Crippen LogP contribution in [0.2, 0.25) is 0 Å². The Morgan fingerprint density at radius 1 is 1.20 bits per heavy atom. The minimum absolute atomic E-state index is 1.08. The van der Waals surface area contributed by atoms with Crippen LogP contribution < -0.4 is 5.32 Å². The molecule has 1 aromatic rings. The van der Waals surface area contributed by atoms with Crippen LogP contribution in [-0.2, 0) is 0 Å². The molecule has 84 valence electrons. The van der Waals surface area contributed by atoms with Crippen molar-refractivity contribution < 1.29 is 0 Å². The zero-order valence-electron chi connectivity index (χ0n) is 9.65. The second kappa shape index (κ2) is 6.89. The molecule has 1 rings (SSSR count). The Morgan fingerprint density at radius 2 is 2.00 bits per heavy atom. The van der Waals surface area contributed by atoms with Crippen molar-refractivity contribution in [3.8, 4) is 0 Å². The van der Waals surface area contributed by atoms with E-state index in [1.165, 1.54) is 41.4 Å². The maximum Gasteiger partial charge on any atom is 0.0381 e. The predicted molar refractivity (Wildman–Crippen MR) is 71.5 cm³/mol. The maximum atomic E-state index is 3.54. The fourth-order valence-corrected chi connectivity index (χ4v) is 1.94. The molecule has 2 heteroatoms. The van der Waals surface area contributed by atoms with Crippen LogP contribution >= 0.6 is 15.9 Å². The molecule has 0 aromatic heterocycles. The molecule has 0 spiro atoms. The largest absolute Gasteiger partial charge is 0.385 e. The lowest BCUT2D eigenvalue weighted by Gasteiger charge is -2.10. The van der Waals surface area contributed by atoms with Gasteiger partial charge in [-0.25, -0.2) is 0 Å². The van der Waals surface area contributed by atoms with Crippen molar-refractivity contribution in [3.63, 3.8) is 0 Å². The third kappa shape index (κ3) is 4.25. The van der Waals surface area contributed by atoms with Gasteiger partial charge in [-0.15, -0.1) is 0 Å². The Morgan fingerprint density at radius 3 is 2.73 bits per heavy atom. The number of rotatable bonds is 6. The van der Waals surface area contributed by atoms with Crippen LogP contribution in [0, 0.1) is 6.92 Å². The van der Waals surface area contributed by atoms with E-state index in [2.05, 4.69) is 53.3 Å². The van der Waals surface area contributed by atoms with Gasteiger partial charge < -0.3 is 5.32 Å². The summed E-state index contributed by atoms with van der Waals surface area (Å²) in [6.07, 6.45) is 5.24. The van der Waals surface area contributed by atoms with E-state index in [4.69, 9.17) is 0 Å². The molecule has 0 aliphatic heterocycles. The zero-order chi connectivity index (χ0) is 11.1. The fraction of sp³-hybridized carbons (Fsp3) is 0.538. The summed E-state index contributed by atoms with van der Waals surface area (Å²) >= 11 is 3.54. The second-order valence-corrected chi connectivity index (χ2v) is 4.75. The van der Waals surface area contributed by atoms with Gasteiger partial charge in [-0.3, -0.25) is 0 Å². The summed E-state index contributed by atoms with van der Waals surface area (Å²) in [6, 6.07) is 6.29.